The SMILES string of the molecule is CNC1CCN(C(=O)C(C)Oc2ccc(OC)cc2)CC1.Cl. The maximum Gasteiger partial charge on any atom is 0.263 e. The molecule has 0 aromatic heterocycles. The van der Waals surface area contributed by atoms with Gasteiger partial charge in [-0.2, -0.15) is 0 Å². The average Bonchev–Trinajstić information content (AvgIpc) is 2.55. The summed E-state index contributed by atoms with van der Waals surface area (Å²) >= 11 is 0. The molecular formula is C16H25ClN2O3. The van der Waals surface area contributed by atoms with E-state index in [1.165, 1.54) is 0 Å². The van der Waals surface area contributed by atoms with Crippen LogP contribution in [0.15, 0.2) is 24.3 Å². The predicted molar refractivity (Wildman–Crippen MR) is 89.0 cm³/mol. The topological polar surface area (TPSA) is 50.8 Å². The smallest absolute Gasteiger partial charge is 0.263 e. The second kappa shape index (κ2) is 8.86. The van der Waals surface area contributed by atoms with E-state index in [0.29, 0.717) is 11.8 Å². The lowest BCUT2D eigenvalue weighted by Crippen LogP contribution is -2.48. The lowest BCUT2D eigenvalue weighted by atomic mass is 10.0. The molecule has 1 fully saturated rings. The summed E-state index contributed by atoms with van der Waals surface area (Å²) in [6.07, 6.45) is 1.53. The van der Waals surface area contributed by atoms with E-state index >= 15 is 0 Å². The molecule has 124 valence electrons. The molecule has 1 aromatic rings. The number of likely N-dealkylation sites (tertiary alicyclic amines) is 1. The minimum absolute atomic E-state index is 0. The van der Waals surface area contributed by atoms with E-state index in [9.17, 15) is 4.79 Å². The number of nitrogens with zero attached hydrogens (tertiary/aromatic N) is 1. The summed E-state index contributed by atoms with van der Waals surface area (Å²) in [5.41, 5.74) is 0. The molecule has 5 nitrogen and oxygen atoms in total. The van der Waals surface area contributed by atoms with Gasteiger partial charge in [0, 0.05) is 19.1 Å². The van der Waals surface area contributed by atoms with Crippen molar-refractivity contribution in [2.45, 2.75) is 31.9 Å². The van der Waals surface area contributed by atoms with Crippen LogP contribution in [0.4, 0.5) is 0 Å². The van der Waals surface area contributed by atoms with E-state index in [-0.39, 0.29) is 18.3 Å². The van der Waals surface area contributed by atoms with Crippen molar-refractivity contribution >= 4 is 18.3 Å². The molecule has 22 heavy (non-hydrogen) atoms. The molecule has 1 atom stereocenters. The molecule has 1 N–H and O–H groups in total. The number of benzene rings is 1. The van der Waals surface area contributed by atoms with Crippen molar-refractivity contribution in [3.05, 3.63) is 24.3 Å². The highest BCUT2D eigenvalue weighted by Crippen LogP contribution is 2.19. The van der Waals surface area contributed by atoms with Crippen LogP contribution in [0, 0.1) is 0 Å². The highest BCUT2D eigenvalue weighted by molar-refractivity contribution is 5.85. The first kappa shape index (κ1) is 18.6. The van der Waals surface area contributed by atoms with Crippen LogP contribution >= 0.6 is 12.4 Å². The molecule has 1 amide bonds. The molecule has 6 heteroatoms. The first-order valence-electron chi connectivity index (χ1n) is 7.40. The summed E-state index contributed by atoms with van der Waals surface area (Å²) in [6.45, 7) is 3.39. The Morgan fingerprint density at radius 2 is 1.77 bits per heavy atom. The fourth-order valence-corrected chi connectivity index (χ4v) is 2.55. The number of rotatable bonds is 5. The zero-order valence-electron chi connectivity index (χ0n) is 13.4. The highest BCUT2D eigenvalue weighted by atomic mass is 35.5. The van der Waals surface area contributed by atoms with E-state index in [1.54, 1.807) is 14.0 Å². The molecule has 1 heterocycles. The molecule has 0 aliphatic carbocycles. The van der Waals surface area contributed by atoms with E-state index < -0.39 is 6.10 Å². The van der Waals surface area contributed by atoms with E-state index in [1.807, 2.05) is 36.2 Å². The lowest BCUT2D eigenvalue weighted by molar-refractivity contribution is -0.139. The Labute approximate surface area is 138 Å². The first-order valence-corrected chi connectivity index (χ1v) is 7.40. The molecule has 0 bridgehead atoms. The molecule has 0 radical (unpaired) electrons. The van der Waals surface area contributed by atoms with Crippen LogP contribution in [-0.2, 0) is 4.79 Å². The van der Waals surface area contributed by atoms with Gasteiger partial charge in [0.2, 0.25) is 0 Å². The number of halogens is 1. The number of carbonyl (C=O) groups is 1. The molecule has 2 rings (SSSR count). The number of hydrogen-bond donors (Lipinski definition) is 1. The van der Waals surface area contributed by atoms with Crippen LogP contribution < -0.4 is 14.8 Å². The van der Waals surface area contributed by atoms with Gasteiger partial charge >= 0.3 is 0 Å². The van der Waals surface area contributed by atoms with Crippen LogP contribution in [0.3, 0.4) is 0 Å². The van der Waals surface area contributed by atoms with E-state index in [0.717, 1.165) is 31.7 Å². The molecule has 1 unspecified atom stereocenters. The zero-order chi connectivity index (χ0) is 15.2. The number of nitrogens with one attached hydrogen (secondary N) is 1. The van der Waals surface area contributed by atoms with Gasteiger partial charge in [0.05, 0.1) is 7.11 Å². The molecule has 1 aromatic carbocycles. The van der Waals surface area contributed by atoms with Gasteiger partial charge in [-0.1, -0.05) is 0 Å². The van der Waals surface area contributed by atoms with Crippen molar-refractivity contribution < 1.29 is 14.3 Å². The van der Waals surface area contributed by atoms with Crippen molar-refractivity contribution in [2.75, 3.05) is 27.2 Å². The molecule has 1 saturated heterocycles. The van der Waals surface area contributed by atoms with Gasteiger partial charge in [0.15, 0.2) is 6.10 Å². The lowest BCUT2D eigenvalue weighted by Gasteiger charge is -2.33. The van der Waals surface area contributed by atoms with Gasteiger partial charge in [0.25, 0.3) is 5.91 Å². The third-order valence-electron chi connectivity index (χ3n) is 3.93. The standard InChI is InChI=1S/C16H24N2O3.ClH/c1-12(21-15-6-4-14(20-3)5-7-15)16(19)18-10-8-13(17-2)9-11-18;/h4-7,12-13,17H,8-11H2,1-3H3;1H. The van der Waals surface area contributed by atoms with Gasteiger partial charge in [-0.25, -0.2) is 0 Å². The van der Waals surface area contributed by atoms with Crippen LogP contribution in [0.25, 0.3) is 0 Å². The second-order valence-corrected chi connectivity index (χ2v) is 5.32. The van der Waals surface area contributed by atoms with E-state index in [4.69, 9.17) is 9.47 Å². The molecule has 0 spiro atoms. The number of piperidine rings is 1. The number of ether oxygens (including phenoxy) is 2. The summed E-state index contributed by atoms with van der Waals surface area (Å²) in [5.74, 6) is 1.51. The maximum absolute atomic E-state index is 12.4. The monoisotopic (exact) mass is 328 g/mol. The van der Waals surface area contributed by atoms with Crippen LogP contribution in [0.2, 0.25) is 0 Å². The van der Waals surface area contributed by atoms with Gasteiger partial charge in [-0.3, -0.25) is 4.79 Å². The van der Waals surface area contributed by atoms with Crippen LogP contribution in [0.5, 0.6) is 11.5 Å². The van der Waals surface area contributed by atoms with Crippen molar-refractivity contribution in [3.8, 4) is 11.5 Å². The second-order valence-electron chi connectivity index (χ2n) is 5.32. The number of methoxy groups -OCH3 is 1. The Hall–Kier alpha value is -1.46. The summed E-state index contributed by atoms with van der Waals surface area (Å²) in [4.78, 5) is 14.3. The van der Waals surface area contributed by atoms with Gasteiger partial charge in [-0.05, 0) is 51.1 Å². The minimum Gasteiger partial charge on any atom is -0.497 e. The summed E-state index contributed by atoms with van der Waals surface area (Å²) in [6, 6.07) is 7.80. The molecular weight excluding hydrogens is 304 g/mol. The summed E-state index contributed by atoms with van der Waals surface area (Å²) < 4.78 is 10.8. The summed E-state index contributed by atoms with van der Waals surface area (Å²) in [5, 5.41) is 3.26. The molecule has 1 aliphatic rings. The Balaban J connectivity index is 0.00000242. The van der Waals surface area contributed by atoms with Crippen LogP contribution in [-0.4, -0.2) is 50.2 Å². The van der Waals surface area contributed by atoms with Crippen molar-refractivity contribution in [2.24, 2.45) is 0 Å². The largest absolute Gasteiger partial charge is 0.497 e. The normalized spacial score (nSPS) is 16.6. The Morgan fingerprint density at radius 3 is 2.27 bits per heavy atom. The number of hydrogen-bond acceptors (Lipinski definition) is 4. The van der Waals surface area contributed by atoms with Crippen molar-refractivity contribution in [3.63, 3.8) is 0 Å². The van der Waals surface area contributed by atoms with Crippen LogP contribution in [0.1, 0.15) is 19.8 Å². The highest BCUT2D eigenvalue weighted by Gasteiger charge is 2.26. The van der Waals surface area contributed by atoms with Gasteiger partial charge in [0.1, 0.15) is 11.5 Å². The zero-order valence-corrected chi connectivity index (χ0v) is 14.2. The number of amides is 1. The molecule has 0 saturated carbocycles. The Morgan fingerprint density at radius 1 is 1.23 bits per heavy atom. The average molecular weight is 329 g/mol. The summed E-state index contributed by atoms with van der Waals surface area (Å²) in [7, 11) is 3.59. The Kier molecular flexibility index (Phi) is 7.48. The quantitative estimate of drug-likeness (QED) is 0.899. The third kappa shape index (κ3) is 4.78. The third-order valence-corrected chi connectivity index (χ3v) is 3.93. The maximum atomic E-state index is 12.4. The molecule has 1 aliphatic heterocycles. The van der Waals surface area contributed by atoms with Crippen molar-refractivity contribution in [1.82, 2.24) is 10.2 Å². The first-order chi connectivity index (χ1) is 10.1. The predicted octanol–water partition coefficient (Wildman–Crippen LogP) is 2.09. The fraction of sp³-hybridized carbons (Fsp3) is 0.562. The number of carbonyl (C=O) groups excluding carboxylic acids is 1. The minimum atomic E-state index is -0.468. The van der Waals surface area contributed by atoms with Gasteiger partial charge < -0.3 is 19.7 Å². The van der Waals surface area contributed by atoms with E-state index in [2.05, 4.69) is 5.32 Å². The Bertz CT molecular complexity index is 459. The fourth-order valence-electron chi connectivity index (χ4n) is 2.55. The van der Waals surface area contributed by atoms with Crippen molar-refractivity contribution in [1.29, 1.82) is 0 Å². The van der Waals surface area contributed by atoms with Gasteiger partial charge in [-0.15, -0.1) is 12.4 Å².